The highest BCUT2D eigenvalue weighted by Gasteiger charge is 2.68. The van der Waals surface area contributed by atoms with E-state index in [4.69, 9.17) is 9.85 Å². The van der Waals surface area contributed by atoms with Gasteiger partial charge >= 0.3 is 0 Å². The number of anilines is 1. The van der Waals surface area contributed by atoms with Crippen molar-refractivity contribution in [3.8, 4) is 17.1 Å². The number of benzene rings is 1. The zero-order valence-electron chi connectivity index (χ0n) is 18.8. The van der Waals surface area contributed by atoms with Crippen LogP contribution in [0, 0.1) is 12.3 Å². The Morgan fingerprint density at radius 3 is 2.83 bits per heavy atom. The number of nitrogen functional groups attached to an aromatic ring is 1. The molecule has 2 bridgehead atoms. The van der Waals surface area contributed by atoms with Gasteiger partial charge in [0, 0.05) is 21.8 Å². The van der Waals surface area contributed by atoms with Gasteiger partial charge < -0.3 is 10.8 Å². The van der Waals surface area contributed by atoms with Crippen LogP contribution in [0.1, 0.15) is 28.9 Å². The summed E-state index contributed by atoms with van der Waals surface area (Å²) >= 11 is 0. The van der Waals surface area contributed by atoms with Gasteiger partial charge in [-0.3, -0.25) is 0 Å². The van der Waals surface area contributed by atoms with Gasteiger partial charge in [0.25, 0.3) is 0 Å². The van der Waals surface area contributed by atoms with Crippen molar-refractivity contribution in [3.05, 3.63) is 42.6 Å². The SMILES string of the molecule is [2H]C([2H])([2H])c1ccc(S(=O)(=O)NC23CC(CO)(C2)C3)cc1-c1cnc(N)c(-n2cncn2)n1. The summed E-state index contributed by atoms with van der Waals surface area (Å²) in [5, 5.41) is 13.4. The van der Waals surface area contributed by atoms with Crippen LogP contribution in [0.25, 0.3) is 17.1 Å². The van der Waals surface area contributed by atoms with Crippen LogP contribution < -0.4 is 10.5 Å². The van der Waals surface area contributed by atoms with E-state index in [-0.39, 0.29) is 45.4 Å². The highest BCUT2D eigenvalue weighted by atomic mass is 32.2. The third-order valence-electron chi connectivity index (χ3n) is 5.82. The Balaban J connectivity index is 1.56. The molecule has 3 aliphatic rings. The fourth-order valence-corrected chi connectivity index (χ4v) is 5.95. The average molecular weight is 431 g/mol. The van der Waals surface area contributed by atoms with E-state index in [0.717, 1.165) is 0 Å². The number of hydrogen-bond donors (Lipinski definition) is 3. The van der Waals surface area contributed by atoms with Crippen molar-refractivity contribution in [2.24, 2.45) is 5.41 Å². The molecule has 0 atom stereocenters. The van der Waals surface area contributed by atoms with E-state index in [1.54, 1.807) is 0 Å². The number of aliphatic hydroxyl groups is 1. The van der Waals surface area contributed by atoms with Gasteiger partial charge in [0.05, 0.1) is 16.8 Å². The lowest BCUT2D eigenvalue weighted by atomic mass is 9.40. The molecule has 0 amide bonds. The minimum Gasteiger partial charge on any atom is -0.396 e. The molecule has 0 spiro atoms. The molecule has 2 heterocycles. The van der Waals surface area contributed by atoms with E-state index in [0.29, 0.717) is 19.3 Å². The number of nitrogens with one attached hydrogen (secondary N) is 1. The van der Waals surface area contributed by atoms with Crippen molar-refractivity contribution in [3.63, 3.8) is 0 Å². The van der Waals surface area contributed by atoms with E-state index in [9.17, 15) is 13.5 Å². The number of hydrogen-bond acceptors (Lipinski definition) is 8. The van der Waals surface area contributed by atoms with Crippen molar-refractivity contribution < 1.29 is 17.6 Å². The first-order valence-electron chi connectivity index (χ1n) is 10.7. The van der Waals surface area contributed by atoms with Crippen molar-refractivity contribution in [2.45, 2.75) is 36.5 Å². The van der Waals surface area contributed by atoms with E-state index >= 15 is 0 Å². The Kier molecular flexibility index (Phi) is 3.34. The van der Waals surface area contributed by atoms with Crippen LogP contribution in [0.3, 0.4) is 0 Å². The molecule has 0 aliphatic heterocycles. The average Bonchev–Trinajstić information content (AvgIpc) is 3.23. The van der Waals surface area contributed by atoms with Crippen molar-refractivity contribution in [1.82, 2.24) is 29.5 Å². The fraction of sp³-hybridized carbons (Fsp3) is 0.368. The summed E-state index contributed by atoms with van der Waals surface area (Å²) in [6.45, 7) is -2.49. The Hall–Kier alpha value is -2.89. The second-order valence-corrected chi connectivity index (χ2v) is 9.77. The monoisotopic (exact) mass is 430 g/mol. The normalized spacial score (nSPS) is 26.8. The highest BCUT2D eigenvalue weighted by molar-refractivity contribution is 7.89. The molecule has 30 heavy (non-hydrogen) atoms. The minimum atomic E-state index is -3.95. The van der Waals surface area contributed by atoms with Gasteiger partial charge in [0.1, 0.15) is 12.7 Å². The molecule has 4 N–H and O–H groups in total. The minimum absolute atomic E-state index is 0.0395. The fourth-order valence-electron chi connectivity index (χ4n) is 4.53. The van der Waals surface area contributed by atoms with Gasteiger partial charge in [-0.15, -0.1) is 0 Å². The van der Waals surface area contributed by atoms with Crippen LogP contribution in [-0.4, -0.2) is 50.4 Å². The van der Waals surface area contributed by atoms with Gasteiger partial charge in [-0.1, -0.05) is 6.07 Å². The summed E-state index contributed by atoms with van der Waals surface area (Å²) in [6, 6.07) is 3.81. The van der Waals surface area contributed by atoms with Crippen LogP contribution in [0.15, 0.2) is 41.9 Å². The molecular weight excluding hydrogens is 406 g/mol. The third-order valence-corrected chi connectivity index (χ3v) is 7.40. The second-order valence-electron chi connectivity index (χ2n) is 8.09. The largest absolute Gasteiger partial charge is 0.396 e. The van der Waals surface area contributed by atoms with E-state index in [1.807, 2.05) is 0 Å². The maximum Gasteiger partial charge on any atom is 0.241 e. The van der Waals surface area contributed by atoms with Crippen LogP contribution >= 0.6 is 0 Å². The van der Waals surface area contributed by atoms with E-state index in [2.05, 4.69) is 24.8 Å². The maximum atomic E-state index is 13.1. The molecule has 10 nitrogen and oxygen atoms in total. The molecule has 2 aromatic heterocycles. The number of aryl methyl sites for hydroxylation is 1. The molecular formula is C19H21N7O3S. The summed E-state index contributed by atoms with van der Waals surface area (Å²) in [5.41, 5.74) is 5.33. The van der Waals surface area contributed by atoms with Crippen LogP contribution in [0.2, 0.25) is 0 Å². The first-order chi connectivity index (χ1) is 15.5. The first kappa shape index (κ1) is 15.9. The van der Waals surface area contributed by atoms with Crippen molar-refractivity contribution in [2.75, 3.05) is 12.3 Å². The number of rotatable bonds is 6. The molecule has 3 aromatic rings. The summed E-state index contributed by atoms with van der Waals surface area (Å²) in [4.78, 5) is 12.2. The van der Waals surface area contributed by atoms with Crippen LogP contribution in [0.4, 0.5) is 5.82 Å². The lowest BCUT2D eigenvalue weighted by Crippen LogP contribution is -2.75. The molecule has 0 unspecified atom stereocenters. The van der Waals surface area contributed by atoms with Crippen molar-refractivity contribution in [1.29, 1.82) is 0 Å². The second kappa shape index (κ2) is 6.30. The van der Waals surface area contributed by atoms with Gasteiger partial charge in [-0.25, -0.2) is 28.1 Å². The number of aliphatic hydroxyl groups excluding tert-OH is 1. The van der Waals surface area contributed by atoms with E-state index in [1.165, 1.54) is 41.7 Å². The smallest absolute Gasteiger partial charge is 0.241 e. The zero-order valence-corrected chi connectivity index (χ0v) is 16.6. The lowest BCUT2D eigenvalue weighted by molar-refractivity contribution is -0.167. The third kappa shape index (κ3) is 2.89. The Labute approximate surface area is 177 Å². The number of sulfonamides is 1. The number of nitrogens with zero attached hydrogens (tertiary/aromatic N) is 5. The molecule has 0 radical (unpaired) electrons. The van der Waals surface area contributed by atoms with Gasteiger partial charge in [-0.2, -0.15) is 9.78 Å². The van der Waals surface area contributed by atoms with Crippen molar-refractivity contribution >= 4 is 15.8 Å². The topological polar surface area (TPSA) is 149 Å². The standard InChI is InChI=1S/C19H21N7O3S/c1-12-2-3-13(30(28,29)25-19-6-18(7-19,8-19)9-27)4-14(12)15-5-22-16(20)17(24-15)26-11-21-10-23-26/h2-5,10-11,25,27H,6-9H2,1H3,(H2,20,22)/i1D3. The maximum absolute atomic E-state index is 13.1. The molecule has 3 aliphatic carbocycles. The molecule has 3 saturated carbocycles. The number of aromatic nitrogens is 5. The van der Waals surface area contributed by atoms with Crippen LogP contribution in [-0.2, 0) is 10.0 Å². The molecule has 0 saturated heterocycles. The van der Waals surface area contributed by atoms with E-state index < -0.39 is 22.4 Å². The Morgan fingerprint density at radius 1 is 1.37 bits per heavy atom. The zero-order chi connectivity index (χ0) is 23.6. The lowest BCUT2D eigenvalue weighted by Gasteiger charge is -2.69. The summed E-state index contributed by atoms with van der Waals surface area (Å²) in [7, 11) is -3.95. The molecule has 1 aromatic carbocycles. The number of nitrogens with two attached hydrogens (primary N) is 1. The van der Waals surface area contributed by atoms with Crippen LogP contribution in [0.5, 0.6) is 0 Å². The summed E-state index contributed by atoms with van der Waals surface area (Å²) in [5.74, 6) is 0.183. The predicted molar refractivity (Wildman–Crippen MR) is 108 cm³/mol. The Morgan fingerprint density at radius 2 is 2.17 bits per heavy atom. The first-order valence-corrected chi connectivity index (χ1v) is 10.7. The molecule has 156 valence electrons. The molecule has 3 fully saturated rings. The van der Waals surface area contributed by atoms with Gasteiger partial charge in [0.2, 0.25) is 10.0 Å². The molecule has 6 rings (SSSR count). The van der Waals surface area contributed by atoms with Gasteiger partial charge in [-0.05, 0) is 49.2 Å². The quantitative estimate of drug-likeness (QED) is 0.520. The Bertz CT molecular complexity index is 1320. The predicted octanol–water partition coefficient (Wildman–Crippen LogP) is 0.808. The summed E-state index contributed by atoms with van der Waals surface area (Å²) < 4.78 is 54.0. The van der Waals surface area contributed by atoms with Gasteiger partial charge in [0.15, 0.2) is 11.6 Å². The molecule has 11 heteroatoms. The summed E-state index contributed by atoms with van der Waals surface area (Å²) in [6.07, 6.45) is 5.69. The highest BCUT2D eigenvalue weighted by Crippen LogP contribution is 2.67.